The van der Waals surface area contributed by atoms with E-state index in [1.165, 1.54) is 30.8 Å². The van der Waals surface area contributed by atoms with Crippen LogP contribution in [0.4, 0.5) is 5.69 Å². The van der Waals surface area contributed by atoms with Crippen LogP contribution in [0.25, 0.3) is 0 Å². The molecule has 8 heteroatoms. The minimum atomic E-state index is -0.501. The van der Waals surface area contributed by atoms with Crippen LogP contribution in [0.15, 0.2) is 70.4 Å². The first-order valence-electron chi connectivity index (χ1n) is 9.06. The molecule has 1 heterocycles. The third-order valence-electron chi connectivity index (χ3n) is 4.73. The Morgan fingerprint density at radius 3 is 2.60 bits per heavy atom. The molecule has 0 bridgehead atoms. The minimum absolute atomic E-state index is 0.0215. The van der Waals surface area contributed by atoms with Gasteiger partial charge in [0.1, 0.15) is 0 Å². The number of nitrogens with one attached hydrogen (secondary N) is 1. The van der Waals surface area contributed by atoms with Gasteiger partial charge in [-0.15, -0.1) is 11.8 Å². The summed E-state index contributed by atoms with van der Waals surface area (Å²) in [4.78, 5) is 23.0. The molecule has 30 heavy (non-hydrogen) atoms. The first-order chi connectivity index (χ1) is 14.3. The number of benzene rings is 2. The molecule has 0 saturated heterocycles. The van der Waals surface area contributed by atoms with Gasteiger partial charge in [0.05, 0.1) is 27.5 Å². The van der Waals surface area contributed by atoms with Crippen molar-refractivity contribution in [2.45, 2.75) is 25.5 Å². The van der Waals surface area contributed by atoms with Crippen molar-refractivity contribution >= 4 is 34.8 Å². The highest BCUT2D eigenvalue weighted by atomic mass is 35.5. The Labute approximate surface area is 183 Å². The summed E-state index contributed by atoms with van der Waals surface area (Å²) in [5.74, 6) is -0.181. The number of Topliss-reactive ketones (excluding diaryl/α,β-unsaturated/α-hetero) is 1. The van der Waals surface area contributed by atoms with Crippen LogP contribution in [0.1, 0.15) is 30.9 Å². The van der Waals surface area contributed by atoms with Crippen LogP contribution >= 0.6 is 23.4 Å². The number of allylic oxidation sites excluding steroid dienone is 3. The van der Waals surface area contributed by atoms with Gasteiger partial charge in [-0.05, 0) is 37.1 Å². The molecule has 0 spiro atoms. The lowest BCUT2D eigenvalue weighted by Crippen LogP contribution is -2.27. The standard InChI is InChI=1S/C22H18ClN3O3S/c1-13-20(14(2)27)21(16-6-8-17(23)9-7-16)19(11-24)22(25-13)30-12-15-4-3-5-18(10-15)26(28)29/h3-10,21,25H,12H2,1-2H3/t21-/m0/s1. The number of halogens is 1. The monoisotopic (exact) mass is 439 g/mol. The molecular weight excluding hydrogens is 422 g/mol. The van der Waals surface area contributed by atoms with Crippen LogP contribution < -0.4 is 5.32 Å². The molecule has 0 amide bonds. The van der Waals surface area contributed by atoms with Crippen LogP contribution in [0.2, 0.25) is 5.02 Å². The Bertz CT molecular complexity index is 1120. The predicted octanol–water partition coefficient (Wildman–Crippen LogP) is 5.47. The first kappa shape index (κ1) is 21.6. The van der Waals surface area contributed by atoms with E-state index in [-0.39, 0.29) is 11.5 Å². The van der Waals surface area contributed by atoms with Crippen molar-refractivity contribution in [3.05, 3.63) is 96.7 Å². The van der Waals surface area contributed by atoms with Crippen molar-refractivity contribution in [2.24, 2.45) is 0 Å². The van der Waals surface area contributed by atoms with E-state index in [1.54, 1.807) is 24.3 Å². The van der Waals surface area contributed by atoms with Crippen LogP contribution in [0.5, 0.6) is 0 Å². The average molecular weight is 440 g/mol. The summed E-state index contributed by atoms with van der Waals surface area (Å²) < 4.78 is 0. The topological polar surface area (TPSA) is 96.0 Å². The van der Waals surface area contributed by atoms with Gasteiger partial charge in [-0.25, -0.2) is 0 Å². The summed E-state index contributed by atoms with van der Waals surface area (Å²) in [6, 6.07) is 15.7. The second-order valence-electron chi connectivity index (χ2n) is 6.77. The van der Waals surface area contributed by atoms with Gasteiger partial charge >= 0.3 is 0 Å². The summed E-state index contributed by atoms with van der Waals surface area (Å²) in [5.41, 5.74) is 3.24. The predicted molar refractivity (Wildman–Crippen MR) is 118 cm³/mol. The number of thioether (sulfide) groups is 1. The Hall–Kier alpha value is -3.08. The molecule has 0 fully saturated rings. The highest BCUT2D eigenvalue weighted by Gasteiger charge is 2.33. The van der Waals surface area contributed by atoms with Gasteiger partial charge in [-0.2, -0.15) is 5.26 Å². The lowest BCUT2D eigenvalue weighted by Gasteiger charge is -2.29. The molecule has 1 aliphatic heterocycles. The molecule has 1 N–H and O–H groups in total. The van der Waals surface area contributed by atoms with E-state index < -0.39 is 10.8 Å². The van der Waals surface area contributed by atoms with E-state index >= 15 is 0 Å². The van der Waals surface area contributed by atoms with Crippen LogP contribution in [0, 0.1) is 21.4 Å². The van der Waals surface area contributed by atoms with Crippen LogP contribution in [-0.2, 0) is 10.5 Å². The molecule has 1 atom stereocenters. The van der Waals surface area contributed by atoms with Crippen molar-refractivity contribution in [1.82, 2.24) is 5.32 Å². The number of hydrogen-bond acceptors (Lipinski definition) is 6. The Morgan fingerprint density at radius 1 is 1.30 bits per heavy atom. The fourth-order valence-electron chi connectivity index (χ4n) is 3.40. The maximum Gasteiger partial charge on any atom is 0.269 e. The lowest BCUT2D eigenvalue weighted by molar-refractivity contribution is -0.384. The molecule has 0 unspecified atom stereocenters. The van der Waals surface area contributed by atoms with Gasteiger partial charge in [0, 0.05) is 34.2 Å². The number of carbonyl (C=O) groups is 1. The number of nitrogens with zero attached hydrogens (tertiary/aromatic N) is 2. The second kappa shape index (κ2) is 9.16. The summed E-state index contributed by atoms with van der Waals surface area (Å²) >= 11 is 7.38. The highest BCUT2D eigenvalue weighted by molar-refractivity contribution is 8.02. The molecule has 152 valence electrons. The maximum atomic E-state index is 12.4. The zero-order valence-corrected chi connectivity index (χ0v) is 17.9. The minimum Gasteiger partial charge on any atom is -0.353 e. The maximum absolute atomic E-state index is 12.4. The van der Waals surface area contributed by atoms with Gasteiger partial charge in [0.15, 0.2) is 5.78 Å². The molecule has 0 aliphatic carbocycles. The van der Waals surface area contributed by atoms with Gasteiger partial charge in [0.25, 0.3) is 5.69 Å². The Morgan fingerprint density at radius 2 is 2.00 bits per heavy atom. The quantitative estimate of drug-likeness (QED) is 0.473. The molecule has 3 rings (SSSR count). The molecule has 0 aromatic heterocycles. The third kappa shape index (κ3) is 4.56. The largest absolute Gasteiger partial charge is 0.353 e. The number of nitriles is 1. The summed E-state index contributed by atoms with van der Waals surface area (Å²) in [6.07, 6.45) is 0. The van der Waals surface area contributed by atoms with E-state index in [4.69, 9.17) is 11.6 Å². The van der Waals surface area contributed by atoms with Gasteiger partial charge in [-0.1, -0.05) is 35.9 Å². The summed E-state index contributed by atoms with van der Waals surface area (Å²) in [7, 11) is 0. The van der Waals surface area contributed by atoms with E-state index in [0.717, 1.165) is 11.1 Å². The third-order valence-corrected chi connectivity index (χ3v) is 6.07. The molecule has 2 aromatic rings. The van der Waals surface area contributed by atoms with E-state index in [1.807, 2.05) is 19.1 Å². The Kier molecular flexibility index (Phi) is 6.60. The molecule has 2 aromatic carbocycles. The number of hydrogen-bond donors (Lipinski definition) is 1. The molecule has 6 nitrogen and oxygen atoms in total. The fourth-order valence-corrected chi connectivity index (χ4v) is 4.56. The number of ketones is 1. The van der Waals surface area contributed by atoms with Crippen molar-refractivity contribution in [3.8, 4) is 6.07 Å². The van der Waals surface area contributed by atoms with Crippen molar-refractivity contribution in [2.75, 3.05) is 0 Å². The molecule has 0 radical (unpaired) electrons. The fraction of sp³-hybridized carbons (Fsp3) is 0.182. The van der Waals surface area contributed by atoms with Crippen molar-refractivity contribution in [1.29, 1.82) is 5.26 Å². The van der Waals surface area contributed by atoms with Gasteiger partial charge < -0.3 is 5.32 Å². The summed E-state index contributed by atoms with van der Waals surface area (Å²) in [5, 5.41) is 25.3. The number of nitro groups is 1. The van der Waals surface area contributed by atoms with Gasteiger partial charge in [-0.3, -0.25) is 14.9 Å². The zero-order chi connectivity index (χ0) is 21.8. The van der Waals surface area contributed by atoms with Crippen molar-refractivity contribution < 1.29 is 9.72 Å². The number of carbonyl (C=O) groups excluding carboxylic acids is 1. The highest BCUT2D eigenvalue weighted by Crippen LogP contribution is 2.41. The van der Waals surface area contributed by atoms with Crippen LogP contribution in [0.3, 0.4) is 0 Å². The normalized spacial score (nSPS) is 16.1. The summed E-state index contributed by atoms with van der Waals surface area (Å²) in [6.45, 7) is 3.29. The lowest BCUT2D eigenvalue weighted by atomic mass is 9.81. The first-order valence-corrected chi connectivity index (χ1v) is 10.4. The number of rotatable bonds is 6. The van der Waals surface area contributed by atoms with Gasteiger partial charge in [0.2, 0.25) is 0 Å². The number of dihydropyridines is 1. The molecule has 0 saturated carbocycles. The SMILES string of the molecule is CC(=O)C1=C(C)NC(SCc2cccc([N+](=O)[O-])c2)=C(C#N)[C@@H]1c1ccc(Cl)cc1. The van der Waals surface area contributed by atoms with Crippen LogP contribution in [-0.4, -0.2) is 10.7 Å². The number of nitro benzene ring substituents is 1. The molecular formula is C22H18ClN3O3S. The number of non-ortho nitro benzene ring substituents is 1. The molecule has 1 aliphatic rings. The Balaban J connectivity index is 1.98. The van der Waals surface area contributed by atoms with E-state index in [0.29, 0.717) is 32.6 Å². The van der Waals surface area contributed by atoms with E-state index in [2.05, 4.69) is 11.4 Å². The van der Waals surface area contributed by atoms with E-state index in [9.17, 15) is 20.2 Å². The smallest absolute Gasteiger partial charge is 0.269 e. The zero-order valence-electron chi connectivity index (χ0n) is 16.3. The average Bonchev–Trinajstić information content (AvgIpc) is 2.72. The second-order valence-corrected chi connectivity index (χ2v) is 8.20. The van der Waals surface area contributed by atoms with Crippen molar-refractivity contribution in [3.63, 3.8) is 0 Å².